The number of sulfonamides is 2. The molecule has 0 spiro atoms. The van der Waals surface area contributed by atoms with Crippen molar-refractivity contribution in [1.29, 1.82) is 0 Å². The highest BCUT2D eigenvalue weighted by molar-refractivity contribution is 7.94. The lowest BCUT2D eigenvalue weighted by atomic mass is 9.95. The molecule has 1 saturated heterocycles. The maximum absolute atomic E-state index is 12.7. The Morgan fingerprint density at radius 2 is 1.64 bits per heavy atom. The molecule has 1 amide bonds. The summed E-state index contributed by atoms with van der Waals surface area (Å²) in [4.78, 5) is 12.4. The van der Waals surface area contributed by atoms with Crippen LogP contribution >= 0.6 is 0 Å². The second-order valence-electron chi connectivity index (χ2n) is 7.63. The summed E-state index contributed by atoms with van der Waals surface area (Å²) in [6.45, 7) is 6.86. The summed E-state index contributed by atoms with van der Waals surface area (Å²) >= 11 is 0. The first-order valence-corrected chi connectivity index (χ1v) is 11.7. The van der Waals surface area contributed by atoms with Gasteiger partial charge in [-0.1, -0.05) is 17.7 Å². The molecule has 9 heteroatoms. The Morgan fingerprint density at radius 3 is 2.14 bits per heavy atom. The molecule has 0 radical (unpaired) electrons. The van der Waals surface area contributed by atoms with Crippen molar-refractivity contribution in [3.8, 4) is 0 Å². The summed E-state index contributed by atoms with van der Waals surface area (Å²) in [6.07, 6.45) is 0. The molecule has 3 rings (SSSR count). The number of benzene rings is 2. The van der Waals surface area contributed by atoms with Crippen molar-refractivity contribution in [2.75, 3.05) is 14.8 Å². The Labute approximate surface area is 165 Å². The minimum Gasteiger partial charge on any atom is -0.279 e. The largest absolute Gasteiger partial charge is 0.279 e. The van der Waals surface area contributed by atoms with E-state index in [0.717, 1.165) is 15.4 Å². The molecule has 1 heterocycles. The second kappa shape index (κ2) is 6.59. The summed E-state index contributed by atoms with van der Waals surface area (Å²) in [6, 6.07) is 10.6. The molecule has 0 bridgehead atoms. The first-order chi connectivity index (χ1) is 12.8. The van der Waals surface area contributed by atoms with Crippen LogP contribution in [-0.4, -0.2) is 28.5 Å². The van der Waals surface area contributed by atoms with Gasteiger partial charge in [0.05, 0.1) is 27.4 Å². The van der Waals surface area contributed by atoms with Crippen molar-refractivity contribution >= 4 is 37.3 Å². The van der Waals surface area contributed by atoms with E-state index in [2.05, 4.69) is 4.72 Å². The maximum atomic E-state index is 12.7. The Balaban J connectivity index is 1.91. The van der Waals surface area contributed by atoms with Crippen LogP contribution in [0.2, 0.25) is 0 Å². The lowest BCUT2D eigenvalue weighted by Gasteiger charge is -2.18. The SMILES string of the molecule is Cc1ccc(NS(=O)(=O)c2ccc(N3C(=O)C(C)(C)CS3(=O)=O)cc2)c(C)c1. The number of hydrogen-bond acceptors (Lipinski definition) is 5. The van der Waals surface area contributed by atoms with Crippen LogP contribution in [0.15, 0.2) is 47.4 Å². The molecule has 1 fully saturated rings. The van der Waals surface area contributed by atoms with E-state index in [4.69, 9.17) is 0 Å². The van der Waals surface area contributed by atoms with Crippen LogP contribution in [0.1, 0.15) is 25.0 Å². The molecule has 2 aromatic rings. The molecule has 0 saturated carbocycles. The van der Waals surface area contributed by atoms with Gasteiger partial charge in [-0.2, -0.15) is 0 Å². The van der Waals surface area contributed by atoms with Crippen molar-refractivity contribution < 1.29 is 21.6 Å². The third kappa shape index (κ3) is 3.64. The Hall–Kier alpha value is -2.39. The molecule has 0 atom stereocenters. The number of amides is 1. The summed E-state index contributed by atoms with van der Waals surface area (Å²) in [5.74, 6) is -0.816. The number of nitrogens with one attached hydrogen (secondary N) is 1. The normalized spacial score (nSPS) is 18.3. The quantitative estimate of drug-likeness (QED) is 0.817. The van der Waals surface area contributed by atoms with Gasteiger partial charge in [0.2, 0.25) is 15.9 Å². The maximum Gasteiger partial charge on any atom is 0.261 e. The van der Waals surface area contributed by atoms with Crippen LogP contribution < -0.4 is 9.03 Å². The standard InChI is InChI=1S/C19H22N2O5S2/c1-13-5-10-17(14(2)11-13)20-28(25,26)16-8-6-15(7-9-16)21-18(22)19(3,4)12-27(21,23)24/h5-11,20H,12H2,1-4H3. The van der Waals surface area contributed by atoms with Crippen molar-refractivity contribution in [2.45, 2.75) is 32.6 Å². The highest BCUT2D eigenvalue weighted by Crippen LogP contribution is 2.36. The van der Waals surface area contributed by atoms with Crippen LogP contribution in [-0.2, 0) is 24.8 Å². The third-order valence-corrected chi connectivity index (χ3v) is 7.99. The number of carbonyl (C=O) groups is 1. The fourth-order valence-electron chi connectivity index (χ4n) is 3.15. The lowest BCUT2D eigenvalue weighted by molar-refractivity contribution is -0.123. The van der Waals surface area contributed by atoms with Crippen LogP contribution in [0.25, 0.3) is 0 Å². The molecule has 0 aromatic heterocycles. The van der Waals surface area contributed by atoms with Gasteiger partial charge in [-0.15, -0.1) is 0 Å². The van der Waals surface area contributed by atoms with Crippen molar-refractivity contribution in [2.24, 2.45) is 5.41 Å². The zero-order valence-corrected chi connectivity index (χ0v) is 17.7. The van der Waals surface area contributed by atoms with Gasteiger partial charge in [-0.25, -0.2) is 21.1 Å². The van der Waals surface area contributed by atoms with Gasteiger partial charge >= 0.3 is 0 Å². The molecule has 1 aliphatic rings. The smallest absolute Gasteiger partial charge is 0.261 e. The van der Waals surface area contributed by atoms with Gasteiger partial charge in [0.25, 0.3) is 10.0 Å². The molecule has 28 heavy (non-hydrogen) atoms. The highest BCUT2D eigenvalue weighted by Gasteiger charge is 2.49. The van der Waals surface area contributed by atoms with Gasteiger partial charge in [-0.3, -0.25) is 9.52 Å². The molecule has 1 N–H and O–H groups in total. The van der Waals surface area contributed by atoms with E-state index in [9.17, 15) is 21.6 Å². The topological polar surface area (TPSA) is 101 Å². The minimum atomic E-state index is -3.86. The summed E-state index contributed by atoms with van der Waals surface area (Å²) in [5.41, 5.74) is 1.38. The van der Waals surface area contributed by atoms with Crippen LogP contribution in [0.3, 0.4) is 0 Å². The summed E-state index contributed by atoms with van der Waals surface area (Å²) < 4.78 is 53.3. The predicted octanol–water partition coefficient (Wildman–Crippen LogP) is 2.81. The fourth-order valence-corrected chi connectivity index (χ4v) is 6.39. The summed E-state index contributed by atoms with van der Waals surface area (Å²) in [5, 5.41) is 0. The number of anilines is 2. The van der Waals surface area contributed by atoms with Crippen molar-refractivity contribution in [3.05, 3.63) is 53.6 Å². The van der Waals surface area contributed by atoms with Gasteiger partial charge in [0, 0.05) is 0 Å². The number of nitrogens with zero attached hydrogens (tertiary/aromatic N) is 1. The van der Waals surface area contributed by atoms with E-state index >= 15 is 0 Å². The number of hydrogen-bond donors (Lipinski definition) is 1. The minimum absolute atomic E-state index is 0.0282. The monoisotopic (exact) mass is 422 g/mol. The Morgan fingerprint density at radius 1 is 1.04 bits per heavy atom. The van der Waals surface area contributed by atoms with Gasteiger partial charge in [-0.05, 0) is 63.6 Å². The zero-order chi connectivity index (χ0) is 20.9. The van der Waals surface area contributed by atoms with E-state index in [1.807, 2.05) is 13.0 Å². The number of rotatable bonds is 4. The van der Waals surface area contributed by atoms with Gasteiger partial charge in [0.1, 0.15) is 0 Å². The third-order valence-electron chi connectivity index (χ3n) is 4.59. The van der Waals surface area contributed by atoms with Crippen LogP contribution in [0.5, 0.6) is 0 Å². The average Bonchev–Trinajstić information content (AvgIpc) is 2.73. The van der Waals surface area contributed by atoms with Crippen molar-refractivity contribution in [1.82, 2.24) is 0 Å². The molecule has 0 unspecified atom stereocenters. The Kier molecular flexibility index (Phi) is 4.79. The highest BCUT2D eigenvalue weighted by atomic mass is 32.2. The first kappa shape index (κ1) is 20.3. The van der Waals surface area contributed by atoms with E-state index in [1.165, 1.54) is 24.3 Å². The Bertz CT molecular complexity index is 1150. The predicted molar refractivity (Wildman–Crippen MR) is 108 cm³/mol. The van der Waals surface area contributed by atoms with Crippen LogP contribution in [0, 0.1) is 19.3 Å². The fraction of sp³-hybridized carbons (Fsp3) is 0.316. The average molecular weight is 423 g/mol. The molecule has 2 aromatic carbocycles. The van der Waals surface area contributed by atoms with E-state index < -0.39 is 31.4 Å². The molecule has 1 aliphatic heterocycles. The van der Waals surface area contributed by atoms with E-state index in [-0.39, 0.29) is 16.3 Å². The zero-order valence-electron chi connectivity index (χ0n) is 16.1. The van der Waals surface area contributed by atoms with Crippen molar-refractivity contribution in [3.63, 3.8) is 0 Å². The molecular weight excluding hydrogens is 400 g/mol. The van der Waals surface area contributed by atoms with E-state index in [0.29, 0.717) is 5.69 Å². The van der Waals surface area contributed by atoms with E-state index in [1.54, 1.807) is 32.9 Å². The van der Waals surface area contributed by atoms with Gasteiger partial charge < -0.3 is 0 Å². The second-order valence-corrected chi connectivity index (χ2v) is 11.1. The molecule has 0 aliphatic carbocycles. The molecular formula is C19H22N2O5S2. The molecule has 7 nitrogen and oxygen atoms in total. The lowest BCUT2D eigenvalue weighted by Crippen LogP contribution is -2.32. The molecule has 150 valence electrons. The summed E-state index contributed by atoms with van der Waals surface area (Å²) in [7, 11) is -7.64. The number of aryl methyl sites for hydroxylation is 2. The number of carbonyl (C=O) groups excluding carboxylic acids is 1. The van der Waals surface area contributed by atoms with Crippen LogP contribution in [0.4, 0.5) is 11.4 Å². The first-order valence-electron chi connectivity index (χ1n) is 8.61. The van der Waals surface area contributed by atoms with Gasteiger partial charge in [0.15, 0.2) is 0 Å².